The molecule has 0 saturated carbocycles. The molecule has 1 amide bonds. The zero-order valence-electron chi connectivity index (χ0n) is 19.1. The minimum Gasteiger partial charge on any atom is -0.301 e. The maximum absolute atomic E-state index is 12.7. The molecular weight excluding hydrogens is 613 g/mol. The summed E-state index contributed by atoms with van der Waals surface area (Å²) in [6, 6.07) is 23.1. The van der Waals surface area contributed by atoms with Gasteiger partial charge in [0, 0.05) is 43.3 Å². The summed E-state index contributed by atoms with van der Waals surface area (Å²) < 4.78 is 2.94. The fourth-order valence-corrected chi connectivity index (χ4v) is 5.81. The van der Waals surface area contributed by atoms with E-state index in [0.717, 1.165) is 26.2 Å². The summed E-state index contributed by atoms with van der Waals surface area (Å²) in [6.45, 7) is 0. The fraction of sp³-hybridized carbons (Fsp3) is 0.0769. The average molecular weight is 631 g/mol. The van der Waals surface area contributed by atoms with Crippen LogP contribution in [0.1, 0.15) is 10.4 Å². The van der Waals surface area contributed by atoms with Crippen molar-refractivity contribution in [3.63, 3.8) is 0 Å². The smallest absolute Gasteiger partial charge is 0.236 e. The molecule has 0 unspecified atom stereocenters. The first-order valence-electron chi connectivity index (χ1n) is 11.0. The van der Waals surface area contributed by atoms with E-state index in [0.29, 0.717) is 32.6 Å². The van der Waals surface area contributed by atoms with Gasteiger partial charge in [-0.3, -0.25) is 9.36 Å². The minimum absolute atomic E-state index is 0.153. The molecule has 0 radical (unpaired) electrons. The number of carbonyl (C=O) groups excluding carboxylic acids is 1. The number of thioether (sulfide) groups is 1. The van der Waals surface area contributed by atoms with Crippen LogP contribution >= 0.6 is 62.2 Å². The number of para-hydroxylation sites is 1. The van der Waals surface area contributed by atoms with Crippen molar-refractivity contribution in [1.29, 1.82) is 0 Å². The molecule has 0 saturated heterocycles. The molecule has 2 aromatic heterocycles. The normalized spacial score (nSPS) is 11.0. The lowest BCUT2D eigenvalue weighted by Crippen LogP contribution is -2.14. The second-order valence-electron chi connectivity index (χ2n) is 7.87. The fourth-order valence-electron chi connectivity index (χ4n) is 3.56. The van der Waals surface area contributed by atoms with Gasteiger partial charge in [-0.15, -0.1) is 21.5 Å². The van der Waals surface area contributed by atoms with Crippen molar-refractivity contribution in [2.24, 2.45) is 0 Å². The first-order chi connectivity index (χ1) is 18.0. The summed E-state index contributed by atoms with van der Waals surface area (Å²) in [5.74, 6) is 0.672. The van der Waals surface area contributed by atoms with Gasteiger partial charge < -0.3 is 5.32 Å². The van der Waals surface area contributed by atoms with Crippen molar-refractivity contribution < 1.29 is 4.79 Å². The van der Waals surface area contributed by atoms with E-state index >= 15 is 0 Å². The van der Waals surface area contributed by atoms with E-state index in [-0.39, 0.29) is 11.7 Å². The first-order valence-corrected chi connectivity index (χ1v) is 14.4. The van der Waals surface area contributed by atoms with Crippen LogP contribution in [0.5, 0.6) is 0 Å². The monoisotopic (exact) mass is 629 g/mol. The second-order valence-corrected chi connectivity index (χ2v) is 11.7. The zero-order valence-corrected chi connectivity index (χ0v) is 23.8. The summed E-state index contributed by atoms with van der Waals surface area (Å²) in [5, 5.41) is 14.1. The lowest BCUT2D eigenvalue weighted by Gasteiger charge is -2.10. The molecule has 0 atom stereocenters. The number of aromatic nitrogens is 4. The summed E-state index contributed by atoms with van der Waals surface area (Å²) in [7, 11) is 0. The zero-order chi connectivity index (χ0) is 25.8. The van der Waals surface area contributed by atoms with Crippen molar-refractivity contribution >= 4 is 73.3 Å². The van der Waals surface area contributed by atoms with E-state index in [2.05, 4.69) is 36.4 Å². The van der Waals surface area contributed by atoms with Gasteiger partial charge in [0.2, 0.25) is 5.91 Å². The van der Waals surface area contributed by atoms with Crippen LogP contribution in [0.4, 0.5) is 5.13 Å². The van der Waals surface area contributed by atoms with Crippen LogP contribution in [0.25, 0.3) is 17.1 Å². The predicted molar refractivity (Wildman–Crippen MR) is 155 cm³/mol. The Morgan fingerprint density at radius 2 is 1.81 bits per heavy atom. The highest BCUT2D eigenvalue weighted by Gasteiger charge is 2.18. The molecule has 37 heavy (non-hydrogen) atoms. The van der Waals surface area contributed by atoms with Gasteiger partial charge in [0.25, 0.3) is 0 Å². The number of hydrogen-bond acceptors (Lipinski definition) is 6. The number of rotatable bonds is 8. The van der Waals surface area contributed by atoms with Gasteiger partial charge in [-0.1, -0.05) is 81.2 Å². The average Bonchev–Trinajstić information content (AvgIpc) is 3.53. The third-order valence-corrected chi connectivity index (χ3v) is 8.23. The summed E-state index contributed by atoms with van der Waals surface area (Å²) in [5.41, 5.74) is 2.75. The molecule has 6 nitrogen and oxygen atoms in total. The van der Waals surface area contributed by atoms with Gasteiger partial charge in [-0.2, -0.15) is 0 Å². The molecule has 0 aliphatic rings. The highest BCUT2D eigenvalue weighted by molar-refractivity contribution is 9.10. The summed E-state index contributed by atoms with van der Waals surface area (Å²) in [4.78, 5) is 18.1. The van der Waals surface area contributed by atoms with E-state index in [9.17, 15) is 4.79 Å². The molecule has 2 heterocycles. The van der Waals surface area contributed by atoms with Crippen molar-refractivity contribution in [3.05, 3.63) is 104 Å². The maximum atomic E-state index is 12.7. The summed E-state index contributed by atoms with van der Waals surface area (Å²) >= 11 is 18.6. The second kappa shape index (κ2) is 11.8. The van der Waals surface area contributed by atoms with E-state index < -0.39 is 0 Å². The van der Waals surface area contributed by atoms with Crippen LogP contribution in [0.3, 0.4) is 0 Å². The SMILES string of the molecule is O=C(CSc1nnc(-c2ccc(Br)cc2)n1-c1ccccc1)Nc1ncc(Cc2cc(Cl)ccc2Cl)s1. The Hall–Kier alpha value is -2.69. The largest absolute Gasteiger partial charge is 0.301 e. The van der Waals surface area contributed by atoms with Crippen LogP contribution in [-0.2, 0) is 11.2 Å². The number of nitrogens with zero attached hydrogens (tertiary/aromatic N) is 4. The molecule has 5 rings (SSSR count). The predicted octanol–water partition coefficient (Wildman–Crippen LogP) is 7.78. The molecule has 11 heteroatoms. The van der Waals surface area contributed by atoms with Crippen molar-refractivity contribution in [1.82, 2.24) is 19.7 Å². The van der Waals surface area contributed by atoms with Crippen molar-refractivity contribution in [3.8, 4) is 17.1 Å². The Kier molecular flexibility index (Phi) is 8.26. The molecule has 186 valence electrons. The van der Waals surface area contributed by atoms with Gasteiger partial charge in [0.05, 0.1) is 5.75 Å². The number of amides is 1. The van der Waals surface area contributed by atoms with Crippen LogP contribution < -0.4 is 5.32 Å². The number of thiazole rings is 1. The van der Waals surface area contributed by atoms with Crippen LogP contribution in [0.2, 0.25) is 10.0 Å². The van der Waals surface area contributed by atoms with Gasteiger partial charge in [-0.05, 0) is 48.0 Å². The van der Waals surface area contributed by atoms with Crippen molar-refractivity contribution in [2.45, 2.75) is 11.6 Å². The molecular formula is C26H18BrCl2N5OS2. The number of benzene rings is 3. The Morgan fingerprint density at radius 1 is 1.03 bits per heavy atom. The van der Waals surface area contributed by atoms with E-state index in [1.54, 1.807) is 18.3 Å². The Balaban J connectivity index is 1.28. The van der Waals surface area contributed by atoms with E-state index in [1.807, 2.05) is 65.2 Å². The van der Waals surface area contributed by atoms with Gasteiger partial charge >= 0.3 is 0 Å². The lowest BCUT2D eigenvalue weighted by atomic mass is 10.1. The molecule has 3 aromatic carbocycles. The highest BCUT2D eigenvalue weighted by Crippen LogP contribution is 2.30. The quantitative estimate of drug-likeness (QED) is 0.177. The minimum atomic E-state index is -0.181. The first kappa shape index (κ1) is 25.9. The van der Waals surface area contributed by atoms with Gasteiger partial charge in [0.15, 0.2) is 16.1 Å². The molecule has 0 aliphatic heterocycles. The number of nitrogens with one attached hydrogen (secondary N) is 1. The van der Waals surface area contributed by atoms with Crippen LogP contribution in [-0.4, -0.2) is 31.4 Å². The molecule has 5 aromatic rings. The third-order valence-electron chi connectivity index (χ3n) is 5.25. The van der Waals surface area contributed by atoms with Crippen LogP contribution in [0, 0.1) is 0 Å². The molecule has 0 spiro atoms. The van der Waals surface area contributed by atoms with Gasteiger partial charge in [-0.25, -0.2) is 4.98 Å². The summed E-state index contributed by atoms with van der Waals surface area (Å²) in [6.07, 6.45) is 2.32. The number of halogens is 3. The number of hydrogen-bond donors (Lipinski definition) is 1. The maximum Gasteiger partial charge on any atom is 0.236 e. The number of anilines is 1. The topological polar surface area (TPSA) is 72.7 Å². The molecule has 0 aliphatic carbocycles. The molecule has 0 bridgehead atoms. The highest BCUT2D eigenvalue weighted by atomic mass is 79.9. The van der Waals surface area contributed by atoms with E-state index in [1.165, 1.54) is 23.1 Å². The molecule has 0 fully saturated rings. The molecule has 1 N–H and O–H groups in total. The van der Waals surface area contributed by atoms with Crippen molar-refractivity contribution in [2.75, 3.05) is 11.1 Å². The van der Waals surface area contributed by atoms with E-state index in [4.69, 9.17) is 23.2 Å². The Labute approximate surface area is 240 Å². The lowest BCUT2D eigenvalue weighted by molar-refractivity contribution is -0.113. The third kappa shape index (κ3) is 6.42. The van der Waals surface area contributed by atoms with Gasteiger partial charge in [0.1, 0.15) is 0 Å². The Morgan fingerprint density at radius 3 is 2.59 bits per heavy atom. The van der Waals surface area contributed by atoms with Crippen LogP contribution in [0.15, 0.2) is 88.6 Å². The Bertz CT molecular complexity index is 1540. The standard InChI is InChI=1S/C26H18BrCl2N5OS2/c27-18-8-6-16(7-9-18)24-32-33-26(34(24)20-4-2-1-3-5-20)36-15-23(35)31-25-30-14-21(37-25)13-17-12-19(28)10-11-22(17)29/h1-12,14H,13,15H2,(H,30,31,35). The number of carbonyl (C=O) groups is 1.